The first-order chi connectivity index (χ1) is 22.1. The van der Waals surface area contributed by atoms with Gasteiger partial charge in [-0.15, -0.1) is 0 Å². The summed E-state index contributed by atoms with van der Waals surface area (Å²) in [5.74, 6) is 0.730. The largest absolute Gasteiger partial charge is 0.228 e. The fourth-order valence-corrected chi connectivity index (χ4v) is 7.40. The highest BCUT2D eigenvalue weighted by molar-refractivity contribution is 6.19. The first-order valence-electron chi connectivity index (χ1n) is 15.6. The fourth-order valence-electron chi connectivity index (χ4n) is 7.40. The van der Waals surface area contributed by atoms with E-state index in [-0.39, 0.29) is 5.41 Å². The van der Waals surface area contributed by atoms with E-state index in [1.807, 2.05) is 6.07 Å². The normalized spacial score (nSPS) is 13.3. The van der Waals surface area contributed by atoms with Crippen LogP contribution in [0.25, 0.3) is 77.3 Å². The van der Waals surface area contributed by atoms with Gasteiger partial charge in [-0.05, 0) is 72.8 Å². The molecule has 2 heteroatoms. The Hall–Kier alpha value is -5.60. The van der Waals surface area contributed by atoms with E-state index >= 15 is 0 Å². The molecule has 0 aliphatic heterocycles. The molecule has 0 unspecified atom stereocenters. The Balaban J connectivity index is 1.34. The van der Waals surface area contributed by atoms with E-state index in [0.717, 1.165) is 33.9 Å². The third-order valence-corrected chi connectivity index (χ3v) is 9.66. The summed E-state index contributed by atoms with van der Waals surface area (Å²) in [6.45, 7) is 4.66. The molecule has 0 saturated carbocycles. The maximum atomic E-state index is 5.30. The lowest BCUT2D eigenvalue weighted by Gasteiger charge is -2.22. The van der Waals surface area contributed by atoms with Gasteiger partial charge in [-0.1, -0.05) is 141 Å². The minimum Gasteiger partial charge on any atom is -0.228 e. The predicted octanol–water partition coefficient (Wildman–Crippen LogP) is 11.2. The average Bonchev–Trinajstić information content (AvgIpc) is 3.33. The van der Waals surface area contributed by atoms with Crippen molar-refractivity contribution < 1.29 is 0 Å². The molecule has 0 atom stereocenters. The van der Waals surface area contributed by atoms with Crippen LogP contribution in [0.2, 0.25) is 0 Å². The smallest absolute Gasteiger partial charge is 0.160 e. The number of nitrogens with zero attached hydrogens (tertiary/aromatic N) is 2. The van der Waals surface area contributed by atoms with Crippen LogP contribution in [0, 0.1) is 0 Å². The number of aromatic nitrogens is 2. The van der Waals surface area contributed by atoms with Crippen molar-refractivity contribution in [3.63, 3.8) is 0 Å². The second-order valence-corrected chi connectivity index (χ2v) is 12.6. The van der Waals surface area contributed by atoms with Gasteiger partial charge >= 0.3 is 0 Å². The van der Waals surface area contributed by atoms with E-state index in [4.69, 9.17) is 9.97 Å². The molecular weight excluding hydrogens is 544 g/mol. The Morgan fingerprint density at radius 1 is 0.422 bits per heavy atom. The van der Waals surface area contributed by atoms with Crippen molar-refractivity contribution in [3.05, 3.63) is 157 Å². The van der Waals surface area contributed by atoms with Gasteiger partial charge in [-0.25, -0.2) is 9.97 Å². The Kier molecular flexibility index (Phi) is 5.58. The summed E-state index contributed by atoms with van der Waals surface area (Å²) in [5.41, 5.74) is 10.4. The summed E-state index contributed by atoms with van der Waals surface area (Å²) >= 11 is 0. The van der Waals surface area contributed by atoms with Crippen LogP contribution in [0.3, 0.4) is 0 Å². The van der Waals surface area contributed by atoms with Gasteiger partial charge in [-0.2, -0.15) is 0 Å². The van der Waals surface area contributed by atoms with Crippen LogP contribution in [0.4, 0.5) is 0 Å². The second kappa shape index (κ2) is 9.70. The van der Waals surface area contributed by atoms with E-state index < -0.39 is 0 Å². The van der Waals surface area contributed by atoms with E-state index in [0.29, 0.717) is 0 Å². The van der Waals surface area contributed by atoms with Crippen molar-refractivity contribution in [2.45, 2.75) is 19.3 Å². The molecule has 7 aromatic carbocycles. The molecule has 1 aliphatic carbocycles. The maximum absolute atomic E-state index is 5.30. The first kappa shape index (κ1) is 25.9. The van der Waals surface area contributed by atoms with Gasteiger partial charge in [-0.3, -0.25) is 0 Å². The Morgan fingerprint density at radius 2 is 1.11 bits per heavy atom. The molecule has 0 N–H and O–H groups in total. The van der Waals surface area contributed by atoms with Crippen molar-refractivity contribution in [1.29, 1.82) is 0 Å². The van der Waals surface area contributed by atoms with Gasteiger partial charge in [0, 0.05) is 22.1 Å². The molecular formula is C43H30N2. The number of rotatable bonds is 3. The van der Waals surface area contributed by atoms with Crippen molar-refractivity contribution in [1.82, 2.24) is 9.97 Å². The van der Waals surface area contributed by atoms with E-state index in [2.05, 4.69) is 153 Å². The van der Waals surface area contributed by atoms with E-state index in [1.165, 1.54) is 54.6 Å². The zero-order chi connectivity index (χ0) is 30.1. The molecule has 8 aromatic rings. The summed E-state index contributed by atoms with van der Waals surface area (Å²) in [6.07, 6.45) is 0. The van der Waals surface area contributed by atoms with Crippen LogP contribution in [0.15, 0.2) is 146 Å². The number of benzene rings is 7. The van der Waals surface area contributed by atoms with Crippen LogP contribution in [0.5, 0.6) is 0 Å². The molecule has 0 amide bonds. The summed E-state index contributed by atoms with van der Waals surface area (Å²) in [6, 6.07) is 52.3. The van der Waals surface area contributed by atoms with Gasteiger partial charge in [0.2, 0.25) is 0 Å². The number of hydrogen-bond donors (Lipinski definition) is 0. The molecule has 2 nitrogen and oxygen atoms in total. The molecule has 212 valence electrons. The van der Waals surface area contributed by atoms with E-state index in [1.54, 1.807) is 0 Å². The van der Waals surface area contributed by atoms with Crippen LogP contribution < -0.4 is 0 Å². The van der Waals surface area contributed by atoms with Crippen molar-refractivity contribution >= 4 is 32.3 Å². The first-order valence-corrected chi connectivity index (χ1v) is 15.6. The highest BCUT2D eigenvalue weighted by atomic mass is 14.9. The SMILES string of the molecule is CC1(C)c2ccccc2-c2ccc(-c3cc(-c4c5ccccc5cc5c4ccc4ccccc45)nc(-c4ccccc4)n3)cc21. The standard InChI is InChI=1S/C43H30N2/c1-43(2)37-19-11-10-18-33(37)34-22-21-30(25-38(34)43)39-26-40(45-42(44-39)28-13-4-3-5-14-28)41-32-17-9-7-15-29(32)24-36-31-16-8-6-12-27(31)20-23-35(36)41/h3-26H,1-2H3. The zero-order valence-electron chi connectivity index (χ0n) is 25.3. The summed E-state index contributed by atoms with van der Waals surface area (Å²) in [4.78, 5) is 10.5. The lowest BCUT2D eigenvalue weighted by molar-refractivity contribution is 0.660. The molecule has 0 fully saturated rings. The molecule has 0 spiro atoms. The summed E-state index contributed by atoms with van der Waals surface area (Å²) in [7, 11) is 0. The highest BCUT2D eigenvalue weighted by Gasteiger charge is 2.35. The molecule has 9 rings (SSSR count). The monoisotopic (exact) mass is 574 g/mol. The van der Waals surface area contributed by atoms with Gasteiger partial charge in [0.05, 0.1) is 11.4 Å². The number of fused-ring (bicyclic) bond motifs is 7. The summed E-state index contributed by atoms with van der Waals surface area (Å²) < 4.78 is 0. The van der Waals surface area contributed by atoms with Crippen LogP contribution >= 0.6 is 0 Å². The van der Waals surface area contributed by atoms with Crippen molar-refractivity contribution in [2.24, 2.45) is 0 Å². The van der Waals surface area contributed by atoms with Crippen LogP contribution in [-0.2, 0) is 5.41 Å². The fraction of sp³-hybridized carbons (Fsp3) is 0.0698. The maximum Gasteiger partial charge on any atom is 0.160 e. The Labute approximate surface area is 262 Å². The average molecular weight is 575 g/mol. The van der Waals surface area contributed by atoms with Gasteiger partial charge in [0.1, 0.15) is 0 Å². The Morgan fingerprint density at radius 3 is 1.98 bits per heavy atom. The Bertz CT molecular complexity index is 2450. The topological polar surface area (TPSA) is 25.8 Å². The van der Waals surface area contributed by atoms with E-state index in [9.17, 15) is 0 Å². The lowest BCUT2D eigenvalue weighted by atomic mass is 9.82. The quantitative estimate of drug-likeness (QED) is 0.155. The molecule has 1 heterocycles. The van der Waals surface area contributed by atoms with Crippen molar-refractivity contribution in [3.8, 4) is 45.0 Å². The molecule has 1 aliphatic rings. The zero-order valence-corrected chi connectivity index (χ0v) is 25.3. The second-order valence-electron chi connectivity index (χ2n) is 12.6. The van der Waals surface area contributed by atoms with Gasteiger partial charge < -0.3 is 0 Å². The molecule has 0 bridgehead atoms. The third kappa shape index (κ3) is 3.96. The molecule has 1 aromatic heterocycles. The van der Waals surface area contributed by atoms with Gasteiger partial charge in [0.25, 0.3) is 0 Å². The molecule has 0 saturated heterocycles. The lowest BCUT2D eigenvalue weighted by Crippen LogP contribution is -2.14. The number of hydrogen-bond acceptors (Lipinski definition) is 2. The van der Waals surface area contributed by atoms with Crippen LogP contribution in [-0.4, -0.2) is 9.97 Å². The summed E-state index contributed by atoms with van der Waals surface area (Å²) in [5, 5.41) is 7.31. The predicted molar refractivity (Wildman–Crippen MR) is 188 cm³/mol. The third-order valence-electron chi connectivity index (χ3n) is 9.66. The van der Waals surface area contributed by atoms with Gasteiger partial charge in [0.15, 0.2) is 5.82 Å². The highest BCUT2D eigenvalue weighted by Crippen LogP contribution is 2.49. The van der Waals surface area contributed by atoms with Crippen molar-refractivity contribution in [2.75, 3.05) is 0 Å². The minimum atomic E-state index is -0.0903. The molecule has 45 heavy (non-hydrogen) atoms. The molecule has 0 radical (unpaired) electrons. The minimum absolute atomic E-state index is 0.0903. The van der Waals surface area contributed by atoms with Crippen LogP contribution in [0.1, 0.15) is 25.0 Å².